The van der Waals surface area contributed by atoms with Crippen LogP contribution in [0.4, 0.5) is 0 Å². The van der Waals surface area contributed by atoms with E-state index in [9.17, 15) is 0 Å². The maximum Gasteiger partial charge on any atom is 0.170 e. The highest BCUT2D eigenvalue weighted by atomic mass is 79.9. The Hall–Kier alpha value is -2.96. The summed E-state index contributed by atoms with van der Waals surface area (Å²) in [5.74, 6) is 0. The van der Waals surface area contributed by atoms with E-state index in [2.05, 4.69) is 110 Å². The molecule has 1 aliphatic heterocycles. The van der Waals surface area contributed by atoms with E-state index >= 15 is 0 Å². The Morgan fingerprint density at radius 1 is 0.970 bits per heavy atom. The molecule has 166 valence electrons. The Morgan fingerprint density at radius 2 is 1.70 bits per heavy atom. The highest BCUT2D eigenvalue weighted by Crippen LogP contribution is 2.42. The zero-order chi connectivity index (χ0) is 22.9. The number of nitrogens with zero attached hydrogens (tertiary/aromatic N) is 3. The molecule has 0 amide bonds. The first-order valence-corrected chi connectivity index (χ1v) is 12.2. The fourth-order valence-corrected chi connectivity index (χ4v) is 5.34. The summed E-state index contributed by atoms with van der Waals surface area (Å²) < 4.78 is 3.39. The predicted octanol–water partition coefficient (Wildman–Crippen LogP) is 6.42. The van der Waals surface area contributed by atoms with Crippen LogP contribution in [0.15, 0.2) is 89.5 Å². The molecule has 4 nitrogen and oxygen atoms in total. The van der Waals surface area contributed by atoms with E-state index in [0.29, 0.717) is 0 Å². The normalized spacial score (nSPS) is 17.9. The van der Waals surface area contributed by atoms with Crippen LogP contribution in [-0.2, 0) is 6.54 Å². The molecule has 0 aliphatic carbocycles. The van der Waals surface area contributed by atoms with Crippen molar-refractivity contribution in [2.75, 3.05) is 0 Å². The molecule has 0 unspecified atom stereocenters. The standard InChI is InChI=1S/C27H25BrN4S/c1-18-16-23(19(2)32(18)22-13-11-21(28)12-14-22)26-25(24-10-6-7-15-29-24)30-27(33)31(26)17-20-8-4-3-5-9-20/h3-16,25-26H,17H2,1-2H3,(H,30,33)/t25-,26-/m0/s1. The van der Waals surface area contributed by atoms with Crippen LogP contribution < -0.4 is 5.32 Å². The molecule has 4 aromatic rings. The van der Waals surface area contributed by atoms with Crippen LogP contribution in [0.5, 0.6) is 0 Å². The van der Waals surface area contributed by atoms with Crippen molar-refractivity contribution in [2.24, 2.45) is 0 Å². The summed E-state index contributed by atoms with van der Waals surface area (Å²) in [6.07, 6.45) is 1.85. The molecule has 3 heterocycles. The van der Waals surface area contributed by atoms with Crippen molar-refractivity contribution in [3.05, 3.63) is 118 Å². The van der Waals surface area contributed by atoms with E-state index in [1.165, 1.54) is 22.5 Å². The molecule has 1 aliphatic rings. The van der Waals surface area contributed by atoms with Crippen LogP contribution in [0.3, 0.4) is 0 Å². The van der Waals surface area contributed by atoms with E-state index in [4.69, 9.17) is 12.2 Å². The number of pyridine rings is 1. The molecule has 0 saturated carbocycles. The summed E-state index contributed by atoms with van der Waals surface area (Å²) in [5, 5.41) is 4.33. The lowest BCUT2D eigenvalue weighted by atomic mass is 9.96. The lowest BCUT2D eigenvalue weighted by molar-refractivity contribution is 0.310. The summed E-state index contributed by atoms with van der Waals surface area (Å²) in [7, 11) is 0. The molecule has 2 aromatic heterocycles. The highest BCUT2D eigenvalue weighted by molar-refractivity contribution is 9.10. The van der Waals surface area contributed by atoms with Gasteiger partial charge in [-0.3, -0.25) is 4.98 Å². The second-order valence-corrected chi connectivity index (χ2v) is 9.68. The number of hydrogen-bond donors (Lipinski definition) is 1. The van der Waals surface area contributed by atoms with E-state index < -0.39 is 0 Å². The maximum absolute atomic E-state index is 5.86. The number of aryl methyl sites for hydroxylation is 1. The van der Waals surface area contributed by atoms with Crippen molar-refractivity contribution in [3.8, 4) is 5.69 Å². The van der Waals surface area contributed by atoms with Gasteiger partial charge in [-0.05, 0) is 79.7 Å². The SMILES string of the molecule is Cc1cc([C@H]2[C@H](c3ccccn3)NC(=S)N2Cc2ccccc2)c(C)n1-c1ccc(Br)cc1. The van der Waals surface area contributed by atoms with Gasteiger partial charge < -0.3 is 14.8 Å². The molecular formula is C27H25BrN4S. The molecular weight excluding hydrogens is 492 g/mol. The van der Waals surface area contributed by atoms with Crippen molar-refractivity contribution in [2.45, 2.75) is 32.5 Å². The fourth-order valence-electron chi connectivity index (χ4n) is 4.77. The molecule has 0 bridgehead atoms. The molecule has 6 heteroatoms. The van der Waals surface area contributed by atoms with Gasteiger partial charge in [0.25, 0.3) is 0 Å². The lowest BCUT2D eigenvalue weighted by Crippen LogP contribution is -2.29. The number of hydrogen-bond acceptors (Lipinski definition) is 2. The highest BCUT2D eigenvalue weighted by Gasteiger charge is 2.41. The molecule has 0 spiro atoms. The van der Waals surface area contributed by atoms with Crippen LogP contribution in [0, 0.1) is 13.8 Å². The topological polar surface area (TPSA) is 33.1 Å². The van der Waals surface area contributed by atoms with E-state index in [-0.39, 0.29) is 12.1 Å². The smallest absolute Gasteiger partial charge is 0.170 e. The first kappa shape index (κ1) is 21.9. The van der Waals surface area contributed by atoms with Gasteiger partial charge in [-0.15, -0.1) is 0 Å². The molecule has 33 heavy (non-hydrogen) atoms. The molecule has 1 N–H and O–H groups in total. The zero-order valence-electron chi connectivity index (χ0n) is 18.6. The Balaban J connectivity index is 1.61. The van der Waals surface area contributed by atoms with Crippen molar-refractivity contribution < 1.29 is 0 Å². The number of thiocarbonyl (C=S) groups is 1. The minimum atomic E-state index is -0.0266. The third kappa shape index (κ3) is 4.21. The quantitative estimate of drug-likeness (QED) is 0.310. The summed E-state index contributed by atoms with van der Waals surface area (Å²) in [5.41, 5.74) is 7.04. The largest absolute Gasteiger partial charge is 0.352 e. The van der Waals surface area contributed by atoms with Crippen LogP contribution in [-0.4, -0.2) is 19.6 Å². The average Bonchev–Trinajstić information content (AvgIpc) is 3.31. The lowest BCUT2D eigenvalue weighted by Gasteiger charge is -2.28. The summed E-state index contributed by atoms with van der Waals surface area (Å²) in [4.78, 5) is 6.98. The Morgan fingerprint density at radius 3 is 2.39 bits per heavy atom. The maximum atomic E-state index is 5.86. The van der Waals surface area contributed by atoms with Gasteiger partial charge in [0.2, 0.25) is 0 Å². The Kier molecular flexibility index (Phi) is 6.04. The van der Waals surface area contributed by atoms with Crippen LogP contribution in [0.25, 0.3) is 5.69 Å². The molecule has 5 rings (SSSR count). The zero-order valence-corrected chi connectivity index (χ0v) is 21.0. The first-order chi connectivity index (χ1) is 16.0. The third-order valence-electron chi connectivity index (χ3n) is 6.27. The van der Waals surface area contributed by atoms with Crippen molar-refractivity contribution in [1.29, 1.82) is 0 Å². The third-order valence-corrected chi connectivity index (χ3v) is 7.15. The Labute approximate surface area is 208 Å². The van der Waals surface area contributed by atoms with Gasteiger partial charge in [-0.25, -0.2) is 0 Å². The Bertz CT molecular complexity index is 1270. The molecule has 1 saturated heterocycles. The summed E-state index contributed by atoms with van der Waals surface area (Å²) in [6.45, 7) is 5.10. The van der Waals surface area contributed by atoms with Crippen LogP contribution in [0.1, 0.15) is 40.3 Å². The second-order valence-electron chi connectivity index (χ2n) is 8.38. The van der Waals surface area contributed by atoms with Gasteiger partial charge >= 0.3 is 0 Å². The monoisotopic (exact) mass is 516 g/mol. The second kappa shape index (κ2) is 9.12. The minimum absolute atomic E-state index is 0.0266. The van der Waals surface area contributed by atoms with Gasteiger partial charge in [0.15, 0.2) is 5.11 Å². The van der Waals surface area contributed by atoms with Gasteiger partial charge in [0, 0.05) is 34.3 Å². The number of benzene rings is 2. The molecule has 1 fully saturated rings. The van der Waals surface area contributed by atoms with Crippen molar-refractivity contribution in [1.82, 2.24) is 19.8 Å². The van der Waals surface area contributed by atoms with Crippen LogP contribution >= 0.6 is 28.1 Å². The van der Waals surface area contributed by atoms with E-state index in [0.717, 1.165) is 27.5 Å². The van der Waals surface area contributed by atoms with Gasteiger partial charge in [-0.2, -0.15) is 0 Å². The van der Waals surface area contributed by atoms with Gasteiger partial charge in [-0.1, -0.05) is 52.3 Å². The predicted molar refractivity (Wildman–Crippen MR) is 140 cm³/mol. The number of halogens is 1. The molecule has 2 aromatic carbocycles. The average molecular weight is 517 g/mol. The van der Waals surface area contributed by atoms with Crippen molar-refractivity contribution >= 4 is 33.3 Å². The van der Waals surface area contributed by atoms with Gasteiger partial charge in [0.05, 0.1) is 17.8 Å². The fraction of sp³-hybridized carbons (Fsp3) is 0.185. The van der Waals surface area contributed by atoms with E-state index in [1.807, 2.05) is 24.4 Å². The summed E-state index contributed by atoms with van der Waals surface area (Å²) >= 11 is 9.41. The first-order valence-electron chi connectivity index (χ1n) is 11.0. The number of aromatic nitrogens is 2. The number of nitrogens with one attached hydrogen (secondary N) is 1. The van der Waals surface area contributed by atoms with Crippen LogP contribution in [0.2, 0.25) is 0 Å². The van der Waals surface area contributed by atoms with Gasteiger partial charge in [0.1, 0.15) is 0 Å². The molecule has 2 atom stereocenters. The molecule has 0 radical (unpaired) electrons. The van der Waals surface area contributed by atoms with E-state index in [1.54, 1.807) is 0 Å². The minimum Gasteiger partial charge on any atom is -0.352 e. The van der Waals surface area contributed by atoms with Crippen molar-refractivity contribution in [3.63, 3.8) is 0 Å². The summed E-state index contributed by atoms with van der Waals surface area (Å²) in [6, 6.07) is 27.3. The number of rotatable bonds is 5.